The summed E-state index contributed by atoms with van der Waals surface area (Å²) in [6.07, 6.45) is 1.98. The van der Waals surface area contributed by atoms with Crippen LogP contribution in [-0.4, -0.2) is 50.2 Å². The normalized spacial score (nSPS) is 17.5. The Morgan fingerprint density at radius 2 is 2.23 bits per heavy atom. The molecule has 114 valence electrons. The third kappa shape index (κ3) is 3.03. The first-order valence-electron chi connectivity index (χ1n) is 6.69. The number of rotatable bonds is 3. The van der Waals surface area contributed by atoms with Gasteiger partial charge in [-0.2, -0.15) is 5.10 Å². The molecule has 2 N–H and O–H groups in total. The van der Waals surface area contributed by atoms with Crippen LogP contribution in [0.25, 0.3) is 0 Å². The number of H-pyrrole nitrogens is 2. The van der Waals surface area contributed by atoms with Crippen LogP contribution in [0, 0.1) is 0 Å². The second-order valence-corrected chi connectivity index (χ2v) is 4.84. The van der Waals surface area contributed by atoms with Gasteiger partial charge in [-0.1, -0.05) is 0 Å². The maximum atomic E-state index is 12.3. The summed E-state index contributed by atoms with van der Waals surface area (Å²) in [5, 5.41) is 7.54. The van der Waals surface area contributed by atoms with Crippen LogP contribution in [0.5, 0.6) is 5.88 Å². The average Bonchev–Trinajstić information content (AvgIpc) is 2.95. The minimum atomic E-state index is -0.706. The number of nitrogens with one attached hydrogen (secondary N) is 2. The Balaban J connectivity index is 1.68. The summed E-state index contributed by atoms with van der Waals surface area (Å²) in [5.41, 5.74) is -1.35. The molecule has 2 aromatic heterocycles. The number of hydrogen-bond acceptors (Lipinski definition) is 6. The lowest BCUT2D eigenvalue weighted by Crippen LogP contribution is -2.34. The standard InChI is InChI=1S/C13H13N5O4/c19-10-6-9(15-13(21)16-10)12(20)18-5-3-8(7-18)22-11-2-1-4-14-17-11/h1-2,4,6,8H,3,5,7H2,(H2,15,16,19,21)/t8-/m0/s1. The highest BCUT2D eigenvalue weighted by Crippen LogP contribution is 2.16. The number of aromatic amines is 2. The molecule has 0 aliphatic carbocycles. The van der Waals surface area contributed by atoms with Crippen molar-refractivity contribution < 1.29 is 9.53 Å². The fourth-order valence-electron chi connectivity index (χ4n) is 2.28. The van der Waals surface area contributed by atoms with Crippen LogP contribution >= 0.6 is 0 Å². The van der Waals surface area contributed by atoms with Crippen molar-refractivity contribution >= 4 is 5.91 Å². The van der Waals surface area contributed by atoms with E-state index in [1.54, 1.807) is 18.3 Å². The van der Waals surface area contributed by atoms with Gasteiger partial charge in [-0.05, 0) is 6.07 Å². The van der Waals surface area contributed by atoms with Crippen molar-refractivity contribution in [2.24, 2.45) is 0 Å². The number of amides is 1. The fraction of sp³-hybridized carbons (Fsp3) is 0.308. The molecular formula is C13H13N5O4. The van der Waals surface area contributed by atoms with E-state index < -0.39 is 17.2 Å². The smallest absolute Gasteiger partial charge is 0.326 e. The van der Waals surface area contributed by atoms with Crippen molar-refractivity contribution in [2.75, 3.05) is 13.1 Å². The second-order valence-electron chi connectivity index (χ2n) is 4.84. The largest absolute Gasteiger partial charge is 0.471 e. The SMILES string of the molecule is O=C(c1cc(=O)[nH]c(=O)[nH]1)N1CC[C@H](Oc2cccnn2)C1. The van der Waals surface area contributed by atoms with E-state index in [4.69, 9.17) is 4.74 Å². The third-order valence-corrected chi connectivity index (χ3v) is 3.26. The second kappa shape index (κ2) is 5.80. The molecule has 9 heteroatoms. The lowest BCUT2D eigenvalue weighted by molar-refractivity contribution is 0.0764. The molecule has 1 fully saturated rings. The molecule has 0 unspecified atom stereocenters. The summed E-state index contributed by atoms with van der Waals surface area (Å²) in [4.78, 5) is 40.6. The molecule has 1 aliphatic rings. The number of carbonyl (C=O) groups excluding carboxylic acids is 1. The van der Waals surface area contributed by atoms with Gasteiger partial charge in [0.25, 0.3) is 11.5 Å². The molecule has 1 amide bonds. The number of hydrogen-bond donors (Lipinski definition) is 2. The van der Waals surface area contributed by atoms with E-state index >= 15 is 0 Å². The topological polar surface area (TPSA) is 121 Å². The quantitative estimate of drug-likeness (QED) is 0.761. The fourth-order valence-corrected chi connectivity index (χ4v) is 2.28. The van der Waals surface area contributed by atoms with E-state index in [2.05, 4.69) is 15.2 Å². The molecule has 3 heterocycles. The molecule has 3 rings (SSSR count). The van der Waals surface area contributed by atoms with Crippen molar-refractivity contribution in [3.05, 3.63) is 50.9 Å². The zero-order chi connectivity index (χ0) is 15.5. The minimum absolute atomic E-state index is 0.0334. The zero-order valence-corrected chi connectivity index (χ0v) is 11.5. The van der Waals surface area contributed by atoms with Crippen LogP contribution in [0.1, 0.15) is 16.9 Å². The van der Waals surface area contributed by atoms with Crippen LogP contribution in [0.4, 0.5) is 0 Å². The summed E-state index contributed by atoms with van der Waals surface area (Å²) in [6.45, 7) is 0.822. The highest BCUT2D eigenvalue weighted by molar-refractivity contribution is 5.92. The predicted octanol–water partition coefficient (Wildman–Crippen LogP) is -0.853. The molecule has 0 spiro atoms. The maximum absolute atomic E-state index is 12.3. The van der Waals surface area contributed by atoms with Gasteiger partial charge in [-0.15, -0.1) is 5.10 Å². The number of carbonyl (C=O) groups is 1. The van der Waals surface area contributed by atoms with Crippen molar-refractivity contribution in [2.45, 2.75) is 12.5 Å². The van der Waals surface area contributed by atoms with Crippen LogP contribution in [0.3, 0.4) is 0 Å². The summed E-state index contributed by atoms with van der Waals surface area (Å²) >= 11 is 0. The number of ether oxygens (including phenoxy) is 1. The van der Waals surface area contributed by atoms with E-state index in [-0.39, 0.29) is 11.8 Å². The molecule has 2 aromatic rings. The first kappa shape index (κ1) is 14.0. The Hall–Kier alpha value is -2.97. The van der Waals surface area contributed by atoms with E-state index in [9.17, 15) is 14.4 Å². The zero-order valence-electron chi connectivity index (χ0n) is 11.5. The Kier molecular flexibility index (Phi) is 3.69. The van der Waals surface area contributed by atoms with E-state index in [0.717, 1.165) is 6.07 Å². The van der Waals surface area contributed by atoms with Gasteiger partial charge in [0.05, 0.1) is 6.54 Å². The lowest BCUT2D eigenvalue weighted by Gasteiger charge is -2.16. The monoisotopic (exact) mass is 303 g/mol. The average molecular weight is 303 g/mol. The Labute approximate surface area is 124 Å². The first-order chi connectivity index (χ1) is 10.6. The van der Waals surface area contributed by atoms with Gasteiger partial charge in [-0.3, -0.25) is 14.6 Å². The highest BCUT2D eigenvalue weighted by atomic mass is 16.5. The number of nitrogens with zero attached hydrogens (tertiary/aromatic N) is 3. The van der Waals surface area contributed by atoms with Crippen LogP contribution < -0.4 is 16.0 Å². The summed E-state index contributed by atoms with van der Waals surface area (Å²) in [6, 6.07) is 4.47. The van der Waals surface area contributed by atoms with Gasteiger partial charge >= 0.3 is 5.69 Å². The molecule has 1 saturated heterocycles. The van der Waals surface area contributed by atoms with E-state index in [1.807, 2.05) is 4.98 Å². The van der Waals surface area contributed by atoms with Gasteiger partial charge in [0, 0.05) is 31.3 Å². The van der Waals surface area contributed by atoms with Gasteiger partial charge in [0.2, 0.25) is 5.88 Å². The maximum Gasteiger partial charge on any atom is 0.326 e. The van der Waals surface area contributed by atoms with Crippen molar-refractivity contribution in [1.82, 2.24) is 25.1 Å². The molecule has 9 nitrogen and oxygen atoms in total. The molecular weight excluding hydrogens is 290 g/mol. The molecule has 0 bridgehead atoms. The van der Waals surface area contributed by atoms with Crippen molar-refractivity contribution in [3.8, 4) is 5.88 Å². The van der Waals surface area contributed by atoms with Crippen LogP contribution in [0.2, 0.25) is 0 Å². The molecule has 0 aromatic carbocycles. The third-order valence-electron chi connectivity index (χ3n) is 3.26. The van der Waals surface area contributed by atoms with Gasteiger partial charge in [0.15, 0.2) is 0 Å². The predicted molar refractivity (Wildman–Crippen MR) is 74.7 cm³/mol. The highest BCUT2D eigenvalue weighted by Gasteiger charge is 2.29. The first-order valence-corrected chi connectivity index (χ1v) is 6.69. The minimum Gasteiger partial charge on any atom is -0.471 e. The van der Waals surface area contributed by atoms with Gasteiger partial charge < -0.3 is 14.6 Å². The number of aromatic nitrogens is 4. The van der Waals surface area contributed by atoms with Crippen molar-refractivity contribution in [3.63, 3.8) is 0 Å². The Bertz CT molecular complexity index is 757. The summed E-state index contributed by atoms with van der Waals surface area (Å²) in [5.74, 6) is -0.0141. The lowest BCUT2D eigenvalue weighted by atomic mass is 10.3. The molecule has 1 aliphatic heterocycles. The molecule has 0 radical (unpaired) electrons. The number of likely N-dealkylation sites (tertiary alicyclic amines) is 1. The van der Waals surface area contributed by atoms with Crippen LogP contribution in [-0.2, 0) is 0 Å². The van der Waals surface area contributed by atoms with E-state index in [0.29, 0.717) is 25.4 Å². The van der Waals surface area contributed by atoms with Gasteiger partial charge in [0.1, 0.15) is 11.8 Å². The summed E-state index contributed by atoms with van der Waals surface area (Å²) in [7, 11) is 0. The summed E-state index contributed by atoms with van der Waals surface area (Å²) < 4.78 is 5.63. The van der Waals surface area contributed by atoms with Crippen molar-refractivity contribution in [1.29, 1.82) is 0 Å². The molecule has 22 heavy (non-hydrogen) atoms. The van der Waals surface area contributed by atoms with Gasteiger partial charge in [-0.25, -0.2) is 4.79 Å². The van der Waals surface area contributed by atoms with E-state index in [1.165, 1.54) is 4.90 Å². The molecule has 1 atom stereocenters. The Morgan fingerprint density at radius 3 is 2.95 bits per heavy atom. The molecule has 0 saturated carbocycles. The van der Waals surface area contributed by atoms with Crippen LogP contribution in [0.15, 0.2) is 34.0 Å². The Morgan fingerprint density at radius 1 is 1.36 bits per heavy atom.